The summed E-state index contributed by atoms with van der Waals surface area (Å²) in [6.07, 6.45) is 1.71. The Bertz CT molecular complexity index is 1840. The number of primary sulfonamides is 1. The Hall–Kier alpha value is -3.80. The number of hydrogen-bond donors (Lipinski definition) is 1. The van der Waals surface area contributed by atoms with E-state index >= 15 is 0 Å². The minimum absolute atomic E-state index is 0.0484. The molecule has 4 rings (SSSR count). The summed E-state index contributed by atoms with van der Waals surface area (Å²) in [7, 11) is 6.96. The molecule has 0 aliphatic rings. The van der Waals surface area contributed by atoms with E-state index in [2.05, 4.69) is 22.0 Å². The molecular weight excluding hydrogens is 681 g/mol. The van der Waals surface area contributed by atoms with E-state index in [0.29, 0.717) is 0 Å². The van der Waals surface area contributed by atoms with Crippen molar-refractivity contribution in [3.05, 3.63) is 83.2 Å². The molecule has 0 fully saturated rings. The molecule has 0 radical (unpaired) electrons. The monoisotopic (exact) mass is 732 g/mol. The van der Waals surface area contributed by atoms with Gasteiger partial charge in [0.1, 0.15) is 11.5 Å². The van der Waals surface area contributed by atoms with E-state index in [1.807, 2.05) is 88.5 Å². The second-order valence-corrected chi connectivity index (χ2v) is 15.7. The maximum Gasteiger partial charge on any atom is 0.263 e. The van der Waals surface area contributed by atoms with Gasteiger partial charge in [0, 0.05) is 39.3 Å². The molecule has 0 bridgehead atoms. The highest BCUT2D eigenvalue weighted by atomic mass is 32.2. The van der Waals surface area contributed by atoms with E-state index in [4.69, 9.17) is 14.6 Å². The molecule has 0 saturated carbocycles. The molecule has 2 unspecified atom stereocenters. The predicted molar refractivity (Wildman–Crippen MR) is 194 cm³/mol. The topological polar surface area (TPSA) is 158 Å². The number of nitrogens with two attached hydrogens (primary N) is 1. The van der Waals surface area contributed by atoms with Gasteiger partial charge in [-0.2, -0.15) is 14.5 Å². The minimum atomic E-state index is -3.88. The number of rotatable bonds is 15. The van der Waals surface area contributed by atoms with Crippen molar-refractivity contribution in [2.24, 2.45) is 19.2 Å². The molecule has 50 heavy (non-hydrogen) atoms. The SMILES string of the molecule is CCC(c1cc(S(=O)(=O)N(Cc2ccc(OC)cc2)Cc2ccc(OC)cc2)nn1C)N(C)C.CCC(c1cc(S(N)(=O)=O)nn1C)N(C)C. The number of hydrogen-bond acceptors (Lipinski definition) is 10. The van der Waals surface area contributed by atoms with Crippen LogP contribution >= 0.6 is 0 Å². The first-order valence-electron chi connectivity index (χ1n) is 16.2. The molecule has 4 aromatic rings. The highest BCUT2D eigenvalue weighted by Crippen LogP contribution is 2.28. The predicted octanol–water partition coefficient (Wildman–Crippen LogP) is 3.92. The highest BCUT2D eigenvalue weighted by Gasteiger charge is 2.30. The van der Waals surface area contributed by atoms with E-state index in [1.165, 1.54) is 10.4 Å². The lowest BCUT2D eigenvalue weighted by Gasteiger charge is -2.22. The van der Waals surface area contributed by atoms with Crippen LogP contribution in [0.25, 0.3) is 0 Å². The largest absolute Gasteiger partial charge is 0.497 e. The second kappa shape index (κ2) is 17.4. The lowest BCUT2D eigenvalue weighted by atomic mass is 10.1. The minimum Gasteiger partial charge on any atom is -0.497 e. The zero-order chi connectivity index (χ0) is 37.4. The molecule has 0 spiro atoms. The van der Waals surface area contributed by atoms with Gasteiger partial charge in [-0.15, -0.1) is 0 Å². The van der Waals surface area contributed by atoms with Gasteiger partial charge in [-0.3, -0.25) is 9.36 Å². The maximum absolute atomic E-state index is 13.8. The van der Waals surface area contributed by atoms with Crippen molar-refractivity contribution >= 4 is 20.0 Å². The van der Waals surface area contributed by atoms with Gasteiger partial charge in [-0.25, -0.2) is 22.0 Å². The number of aryl methyl sites for hydroxylation is 2. The van der Waals surface area contributed by atoms with Crippen LogP contribution in [0.2, 0.25) is 0 Å². The molecule has 2 atom stereocenters. The number of methoxy groups -OCH3 is 2. The number of sulfonamides is 2. The summed E-state index contributed by atoms with van der Waals surface area (Å²) in [6, 6.07) is 18.2. The molecule has 16 heteroatoms. The van der Waals surface area contributed by atoms with Crippen LogP contribution in [0.3, 0.4) is 0 Å². The van der Waals surface area contributed by atoms with Crippen molar-refractivity contribution < 1.29 is 26.3 Å². The Kier molecular flexibility index (Phi) is 14.2. The zero-order valence-electron chi connectivity index (χ0n) is 30.7. The first-order chi connectivity index (χ1) is 23.5. The standard InChI is InChI=1S/C25H34N4O4S.C9H18N4O2S/c1-7-23(27(2)3)24-16-25(26-28(24)4)34(30,31)29(17-19-8-12-21(32-5)13-9-19)18-20-10-14-22(33-6)15-11-20;1-5-7(12(2)3)8-6-9(11-13(8)4)16(10,14)15/h8-16,23H,7,17-18H2,1-6H3;6-7H,5H2,1-4H3,(H2,10,14,15). The number of aromatic nitrogens is 4. The fourth-order valence-electron chi connectivity index (χ4n) is 5.70. The number of benzene rings is 2. The van der Waals surface area contributed by atoms with Gasteiger partial charge in [0.05, 0.1) is 37.7 Å². The molecule has 2 aromatic carbocycles. The van der Waals surface area contributed by atoms with Crippen LogP contribution < -0.4 is 14.6 Å². The quantitative estimate of drug-likeness (QED) is 0.190. The van der Waals surface area contributed by atoms with Gasteiger partial charge in [-0.1, -0.05) is 38.1 Å². The molecule has 2 heterocycles. The van der Waals surface area contributed by atoms with E-state index < -0.39 is 20.0 Å². The Morgan fingerprint density at radius 3 is 1.34 bits per heavy atom. The van der Waals surface area contributed by atoms with Crippen molar-refractivity contribution in [2.45, 2.75) is 61.9 Å². The van der Waals surface area contributed by atoms with E-state index in [1.54, 1.807) is 43.7 Å². The van der Waals surface area contributed by atoms with Crippen molar-refractivity contribution in [2.75, 3.05) is 42.4 Å². The fourth-order valence-corrected chi connectivity index (χ4v) is 7.62. The second-order valence-electron chi connectivity index (χ2n) is 12.4. The third kappa shape index (κ3) is 10.1. The molecule has 2 aromatic heterocycles. The van der Waals surface area contributed by atoms with E-state index in [9.17, 15) is 16.8 Å². The highest BCUT2D eigenvalue weighted by molar-refractivity contribution is 7.89. The van der Waals surface area contributed by atoms with Crippen LogP contribution in [0.1, 0.15) is 61.3 Å². The third-order valence-corrected chi connectivity index (χ3v) is 10.9. The lowest BCUT2D eigenvalue weighted by Crippen LogP contribution is -2.30. The number of ether oxygens (including phenoxy) is 2. The van der Waals surface area contributed by atoms with E-state index in [-0.39, 0.29) is 35.2 Å². The lowest BCUT2D eigenvalue weighted by molar-refractivity contribution is 0.279. The molecule has 2 N–H and O–H groups in total. The molecule has 276 valence electrons. The molecule has 0 amide bonds. The summed E-state index contributed by atoms with van der Waals surface area (Å²) >= 11 is 0. The van der Waals surface area contributed by atoms with Gasteiger partial charge in [-0.05, 0) is 76.4 Å². The zero-order valence-corrected chi connectivity index (χ0v) is 32.4. The Labute approximate surface area is 297 Å². The van der Waals surface area contributed by atoms with E-state index in [0.717, 1.165) is 46.9 Å². The van der Waals surface area contributed by atoms with Crippen molar-refractivity contribution in [1.82, 2.24) is 33.7 Å². The van der Waals surface area contributed by atoms with Crippen LogP contribution in [-0.2, 0) is 47.2 Å². The first kappa shape index (κ1) is 40.6. The average molecular weight is 733 g/mol. The van der Waals surface area contributed by atoms with Crippen LogP contribution in [0.15, 0.2) is 70.7 Å². The molecule has 0 saturated heterocycles. The first-order valence-corrected chi connectivity index (χ1v) is 19.1. The Balaban J connectivity index is 0.000000354. The maximum atomic E-state index is 13.8. The number of nitrogens with zero attached hydrogens (tertiary/aromatic N) is 7. The molecule has 0 aliphatic heterocycles. The van der Waals surface area contributed by atoms with Crippen LogP contribution in [0.4, 0.5) is 0 Å². The van der Waals surface area contributed by atoms with Crippen LogP contribution in [0.5, 0.6) is 11.5 Å². The summed E-state index contributed by atoms with van der Waals surface area (Å²) in [5.74, 6) is 1.44. The molecule has 0 aliphatic carbocycles. The van der Waals surface area contributed by atoms with Crippen molar-refractivity contribution in [1.29, 1.82) is 0 Å². The van der Waals surface area contributed by atoms with Gasteiger partial charge < -0.3 is 19.3 Å². The average Bonchev–Trinajstić information content (AvgIpc) is 3.65. The van der Waals surface area contributed by atoms with Crippen molar-refractivity contribution in [3.8, 4) is 11.5 Å². The third-order valence-electron chi connectivity index (χ3n) is 8.42. The summed E-state index contributed by atoms with van der Waals surface area (Å²) in [6.45, 7) is 4.52. The van der Waals surface area contributed by atoms with Gasteiger partial charge in [0.2, 0.25) is 0 Å². The Morgan fingerprint density at radius 1 is 0.680 bits per heavy atom. The summed E-state index contributed by atoms with van der Waals surface area (Å²) in [4.78, 5) is 4.09. The van der Waals surface area contributed by atoms with Crippen LogP contribution in [0, 0.1) is 0 Å². The molecule has 14 nitrogen and oxygen atoms in total. The summed E-state index contributed by atoms with van der Waals surface area (Å²) in [5.41, 5.74) is 3.42. The van der Waals surface area contributed by atoms with Crippen LogP contribution in [-0.4, -0.2) is 92.9 Å². The normalized spacial score (nSPS) is 13.3. The summed E-state index contributed by atoms with van der Waals surface area (Å²) < 4.78 is 65.1. The van der Waals surface area contributed by atoms with Gasteiger partial charge in [0.25, 0.3) is 20.0 Å². The Morgan fingerprint density at radius 2 is 1.04 bits per heavy atom. The fraction of sp³-hybridized carbons (Fsp3) is 0.471. The molecular formula is C34H52N8O6S2. The summed E-state index contributed by atoms with van der Waals surface area (Å²) in [5, 5.41) is 13.3. The van der Waals surface area contributed by atoms with Gasteiger partial charge in [0.15, 0.2) is 10.1 Å². The van der Waals surface area contributed by atoms with Crippen molar-refractivity contribution in [3.63, 3.8) is 0 Å². The smallest absolute Gasteiger partial charge is 0.263 e. The van der Waals surface area contributed by atoms with Gasteiger partial charge >= 0.3 is 0 Å².